The van der Waals surface area contributed by atoms with Crippen molar-refractivity contribution >= 4 is 5.69 Å². The quantitative estimate of drug-likeness (QED) is 0.631. The normalized spacial score (nSPS) is 15.6. The summed E-state index contributed by atoms with van der Waals surface area (Å²) >= 11 is 0. The zero-order chi connectivity index (χ0) is 8.39. The van der Waals surface area contributed by atoms with Crippen LogP contribution >= 0.6 is 0 Å². The average Bonchev–Trinajstić information content (AvgIpc) is 2.29. The standard InChI is InChI=1S/C10H11NO/c12-11-8-4-3-6-9-5-1-2-7-10(9)11/h1-2,4-5,7-8,12H,3,6H2. The minimum atomic E-state index is 0.895. The lowest BCUT2D eigenvalue weighted by Gasteiger charge is -2.13. The molecule has 1 aliphatic rings. The first-order chi connectivity index (χ1) is 5.88. The van der Waals surface area contributed by atoms with Crippen molar-refractivity contribution in [2.24, 2.45) is 0 Å². The smallest absolute Gasteiger partial charge is 0.0717 e. The van der Waals surface area contributed by atoms with Crippen molar-refractivity contribution < 1.29 is 5.21 Å². The van der Waals surface area contributed by atoms with Crippen molar-refractivity contribution in [3.05, 3.63) is 42.1 Å². The summed E-state index contributed by atoms with van der Waals surface area (Å²) in [5, 5.41) is 10.7. The van der Waals surface area contributed by atoms with Crippen LogP contribution in [-0.2, 0) is 6.42 Å². The number of hydrogen-bond donors (Lipinski definition) is 1. The van der Waals surface area contributed by atoms with Gasteiger partial charge < -0.3 is 0 Å². The number of aryl methyl sites for hydroxylation is 1. The molecule has 0 aliphatic carbocycles. The van der Waals surface area contributed by atoms with E-state index in [-0.39, 0.29) is 0 Å². The summed E-state index contributed by atoms with van der Waals surface area (Å²) in [6, 6.07) is 7.90. The number of benzene rings is 1. The fourth-order valence-electron chi connectivity index (χ4n) is 1.44. The second-order valence-electron chi connectivity index (χ2n) is 2.90. The molecule has 0 saturated carbocycles. The highest BCUT2D eigenvalue weighted by molar-refractivity contribution is 5.54. The monoisotopic (exact) mass is 161 g/mol. The van der Waals surface area contributed by atoms with Gasteiger partial charge in [-0.3, -0.25) is 5.21 Å². The molecule has 0 saturated heterocycles. The lowest BCUT2D eigenvalue weighted by atomic mass is 10.1. The maximum Gasteiger partial charge on any atom is 0.0717 e. The molecule has 0 radical (unpaired) electrons. The molecule has 2 rings (SSSR count). The Bertz CT molecular complexity index is 306. The Kier molecular flexibility index (Phi) is 1.84. The van der Waals surface area contributed by atoms with Gasteiger partial charge in [0.05, 0.1) is 5.69 Å². The molecular weight excluding hydrogens is 150 g/mol. The molecule has 1 N–H and O–H groups in total. The molecule has 1 aromatic carbocycles. The van der Waals surface area contributed by atoms with E-state index in [9.17, 15) is 5.21 Å². The van der Waals surface area contributed by atoms with Crippen molar-refractivity contribution in [2.75, 3.05) is 5.06 Å². The van der Waals surface area contributed by atoms with Crippen LogP contribution < -0.4 is 5.06 Å². The predicted molar refractivity (Wildman–Crippen MR) is 48.2 cm³/mol. The van der Waals surface area contributed by atoms with Gasteiger partial charge in [-0.05, 0) is 24.5 Å². The van der Waals surface area contributed by atoms with Crippen LogP contribution in [0.3, 0.4) is 0 Å². The molecular formula is C10H11NO. The molecule has 1 aromatic rings. The Morgan fingerprint density at radius 2 is 2.08 bits per heavy atom. The Morgan fingerprint density at radius 3 is 3.00 bits per heavy atom. The molecule has 12 heavy (non-hydrogen) atoms. The number of para-hydroxylation sites is 1. The van der Waals surface area contributed by atoms with E-state index >= 15 is 0 Å². The maximum atomic E-state index is 9.49. The Labute approximate surface area is 71.7 Å². The topological polar surface area (TPSA) is 23.5 Å². The first kappa shape index (κ1) is 7.37. The first-order valence-electron chi connectivity index (χ1n) is 4.10. The number of allylic oxidation sites excluding steroid dienone is 1. The summed E-state index contributed by atoms with van der Waals surface area (Å²) in [5.41, 5.74) is 2.09. The molecule has 2 heteroatoms. The van der Waals surface area contributed by atoms with Crippen molar-refractivity contribution in [2.45, 2.75) is 12.8 Å². The van der Waals surface area contributed by atoms with Gasteiger partial charge in [-0.1, -0.05) is 24.3 Å². The number of hydroxylamine groups is 1. The lowest BCUT2D eigenvalue weighted by Crippen LogP contribution is -2.09. The van der Waals surface area contributed by atoms with Crippen molar-refractivity contribution in [1.29, 1.82) is 0 Å². The second-order valence-corrected chi connectivity index (χ2v) is 2.90. The molecule has 0 fully saturated rings. The van der Waals surface area contributed by atoms with E-state index in [4.69, 9.17) is 0 Å². The average molecular weight is 161 g/mol. The summed E-state index contributed by atoms with van der Waals surface area (Å²) in [7, 11) is 0. The largest absolute Gasteiger partial charge is 0.284 e. The van der Waals surface area contributed by atoms with E-state index < -0.39 is 0 Å². The highest BCUT2D eigenvalue weighted by Crippen LogP contribution is 2.23. The molecule has 62 valence electrons. The molecule has 0 aromatic heterocycles. The van der Waals surface area contributed by atoms with Crippen LogP contribution in [0.25, 0.3) is 0 Å². The SMILES string of the molecule is ON1C=CCCc2ccccc21. The molecule has 2 nitrogen and oxygen atoms in total. The van der Waals surface area contributed by atoms with Crippen LogP contribution in [0.5, 0.6) is 0 Å². The van der Waals surface area contributed by atoms with Crippen LogP contribution in [0.4, 0.5) is 5.69 Å². The number of anilines is 1. The van der Waals surface area contributed by atoms with Gasteiger partial charge in [0, 0.05) is 6.20 Å². The van der Waals surface area contributed by atoms with Gasteiger partial charge in [0.1, 0.15) is 0 Å². The molecule has 0 atom stereocenters. The lowest BCUT2D eigenvalue weighted by molar-refractivity contribution is 0.295. The van der Waals surface area contributed by atoms with Gasteiger partial charge in [0.2, 0.25) is 0 Å². The van der Waals surface area contributed by atoms with E-state index in [1.165, 1.54) is 10.6 Å². The van der Waals surface area contributed by atoms with Crippen LogP contribution in [0.1, 0.15) is 12.0 Å². The van der Waals surface area contributed by atoms with Crippen LogP contribution in [0, 0.1) is 0 Å². The summed E-state index contributed by atoms with van der Waals surface area (Å²) < 4.78 is 0. The van der Waals surface area contributed by atoms with Gasteiger partial charge in [-0.25, -0.2) is 5.06 Å². The Hall–Kier alpha value is -1.28. The third kappa shape index (κ3) is 1.21. The molecule has 0 unspecified atom stereocenters. The highest BCUT2D eigenvalue weighted by atomic mass is 16.5. The van der Waals surface area contributed by atoms with Crippen LogP contribution in [-0.4, -0.2) is 5.21 Å². The minimum absolute atomic E-state index is 0.895. The molecule has 1 heterocycles. The van der Waals surface area contributed by atoms with E-state index in [1.807, 2.05) is 30.3 Å². The zero-order valence-electron chi connectivity index (χ0n) is 6.77. The number of fused-ring (bicyclic) bond motifs is 1. The van der Waals surface area contributed by atoms with Crippen molar-refractivity contribution in [3.63, 3.8) is 0 Å². The molecule has 0 amide bonds. The van der Waals surface area contributed by atoms with Gasteiger partial charge in [-0.2, -0.15) is 0 Å². The Morgan fingerprint density at radius 1 is 1.25 bits per heavy atom. The van der Waals surface area contributed by atoms with Gasteiger partial charge in [-0.15, -0.1) is 0 Å². The summed E-state index contributed by atoms with van der Waals surface area (Å²) in [6.45, 7) is 0. The van der Waals surface area contributed by atoms with Crippen LogP contribution in [0.15, 0.2) is 36.5 Å². The summed E-state index contributed by atoms with van der Waals surface area (Å²) in [6.07, 6.45) is 5.67. The first-order valence-corrected chi connectivity index (χ1v) is 4.10. The van der Waals surface area contributed by atoms with E-state index in [0.717, 1.165) is 18.5 Å². The zero-order valence-corrected chi connectivity index (χ0v) is 6.77. The third-order valence-electron chi connectivity index (χ3n) is 2.07. The number of nitrogens with zero attached hydrogens (tertiary/aromatic N) is 1. The van der Waals surface area contributed by atoms with E-state index in [0.29, 0.717) is 0 Å². The maximum absolute atomic E-state index is 9.49. The second kappa shape index (κ2) is 2.99. The van der Waals surface area contributed by atoms with Gasteiger partial charge in [0.25, 0.3) is 0 Å². The van der Waals surface area contributed by atoms with Gasteiger partial charge >= 0.3 is 0 Å². The predicted octanol–water partition coefficient (Wildman–Crippen LogP) is 2.34. The Balaban J connectivity index is 2.46. The van der Waals surface area contributed by atoms with Gasteiger partial charge in [0.15, 0.2) is 0 Å². The molecule has 1 aliphatic heterocycles. The molecule has 0 bridgehead atoms. The third-order valence-corrected chi connectivity index (χ3v) is 2.07. The van der Waals surface area contributed by atoms with E-state index in [2.05, 4.69) is 0 Å². The van der Waals surface area contributed by atoms with E-state index in [1.54, 1.807) is 6.20 Å². The summed E-state index contributed by atoms with van der Waals surface area (Å²) in [5.74, 6) is 0. The number of rotatable bonds is 0. The minimum Gasteiger partial charge on any atom is -0.284 e. The van der Waals surface area contributed by atoms with Crippen molar-refractivity contribution in [1.82, 2.24) is 0 Å². The fourth-order valence-corrected chi connectivity index (χ4v) is 1.44. The highest BCUT2D eigenvalue weighted by Gasteiger charge is 2.07. The molecule has 0 spiro atoms. The van der Waals surface area contributed by atoms with Crippen LogP contribution in [0.2, 0.25) is 0 Å². The van der Waals surface area contributed by atoms with Crippen molar-refractivity contribution in [3.8, 4) is 0 Å². The summed E-state index contributed by atoms with van der Waals surface area (Å²) in [4.78, 5) is 0. The number of hydrogen-bond acceptors (Lipinski definition) is 2. The fraction of sp³-hybridized carbons (Fsp3) is 0.200.